The third-order valence-electron chi connectivity index (χ3n) is 6.88. The van der Waals surface area contributed by atoms with Crippen LogP contribution >= 0.6 is 0 Å². The highest BCUT2D eigenvalue weighted by molar-refractivity contribution is 6.38. The highest BCUT2D eigenvalue weighted by Gasteiger charge is 2.39. The normalized spacial score (nSPS) is 17.2. The number of rotatable bonds is 4. The number of halogens is 1. The lowest BCUT2D eigenvalue weighted by atomic mass is 9.93. The van der Waals surface area contributed by atoms with Gasteiger partial charge in [-0.3, -0.25) is 14.6 Å². The Bertz CT molecular complexity index is 1480. The standard InChI is InChI=1S/C26H23FN6O3/c1-15-12-21(16-4-2-3-5-20(16)30-15)32-8-10-33(11-9-32)26(35)24(34)18-13-28-23-17(25-29-14-36-31-25)6-7-19(27)22(18)23/h2-7,12,14,18,28H,8-11,13H2,1H3. The Kier molecular flexibility index (Phi) is 5.36. The maximum atomic E-state index is 14.8. The van der Waals surface area contributed by atoms with Crippen molar-refractivity contribution in [2.45, 2.75) is 12.8 Å². The van der Waals surface area contributed by atoms with Crippen LogP contribution in [0.4, 0.5) is 15.8 Å². The fraction of sp³-hybridized carbons (Fsp3) is 0.269. The van der Waals surface area contributed by atoms with Gasteiger partial charge in [-0.05, 0) is 31.2 Å². The summed E-state index contributed by atoms with van der Waals surface area (Å²) in [5, 5.41) is 7.94. The number of ketones is 1. The number of piperazine rings is 1. The molecule has 1 N–H and O–H groups in total. The van der Waals surface area contributed by atoms with E-state index in [9.17, 15) is 14.0 Å². The summed E-state index contributed by atoms with van der Waals surface area (Å²) in [4.78, 5) is 38.9. The van der Waals surface area contributed by atoms with Crippen LogP contribution in [0.2, 0.25) is 0 Å². The Balaban J connectivity index is 1.19. The van der Waals surface area contributed by atoms with Gasteiger partial charge in [0.2, 0.25) is 18.0 Å². The van der Waals surface area contributed by atoms with E-state index in [2.05, 4.69) is 31.4 Å². The quantitative estimate of drug-likeness (QED) is 0.439. The molecule has 0 spiro atoms. The maximum Gasteiger partial charge on any atom is 0.290 e. The molecule has 0 aliphatic carbocycles. The first-order valence-electron chi connectivity index (χ1n) is 11.8. The number of anilines is 2. The van der Waals surface area contributed by atoms with E-state index in [0.29, 0.717) is 37.4 Å². The van der Waals surface area contributed by atoms with Crippen LogP contribution in [0, 0.1) is 12.7 Å². The predicted octanol–water partition coefficient (Wildman–Crippen LogP) is 3.16. The molecular weight excluding hydrogens is 463 g/mol. The van der Waals surface area contributed by atoms with E-state index in [4.69, 9.17) is 4.52 Å². The van der Waals surface area contributed by atoms with Crippen LogP contribution in [0.5, 0.6) is 0 Å². The lowest BCUT2D eigenvalue weighted by Crippen LogP contribution is -2.51. The second kappa shape index (κ2) is 8.71. The van der Waals surface area contributed by atoms with Crippen molar-refractivity contribution in [2.24, 2.45) is 0 Å². The van der Waals surface area contributed by atoms with Gasteiger partial charge in [0.05, 0.1) is 17.1 Å². The van der Waals surface area contributed by atoms with Gasteiger partial charge < -0.3 is 19.6 Å². The zero-order valence-corrected chi connectivity index (χ0v) is 19.6. The summed E-state index contributed by atoms with van der Waals surface area (Å²) in [6.45, 7) is 4.07. The van der Waals surface area contributed by atoms with Gasteiger partial charge in [-0.2, -0.15) is 4.98 Å². The van der Waals surface area contributed by atoms with E-state index in [0.717, 1.165) is 22.3 Å². The number of hydrogen-bond donors (Lipinski definition) is 1. The molecule has 0 bridgehead atoms. The van der Waals surface area contributed by atoms with E-state index in [1.165, 1.54) is 18.5 Å². The van der Waals surface area contributed by atoms with Crippen LogP contribution in [0.25, 0.3) is 22.3 Å². The van der Waals surface area contributed by atoms with Crippen molar-refractivity contribution < 1.29 is 18.5 Å². The van der Waals surface area contributed by atoms with Gasteiger partial charge >= 0.3 is 0 Å². The van der Waals surface area contributed by atoms with Crippen molar-refractivity contribution in [1.29, 1.82) is 0 Å². The van der Waals surface area contributed by atoms with Gasteiger partial charge in [0.1, 0.15) is 5.82 Å². The Morgan fingerprint density at radius 3 is 2.69 bits per heavy atom. The van der Waals surface area contributed by atoms with E-state index in [1.54, 1.807) is 4.90 Å². The molecule has 2 aliphatic rings. The number of hydrogen-bond acceptors (Lipinski definition) is 8. The van der Waals surface area contributed by atoms with Gasteiger partial charge in [0.15, 0.2) is 0 Å². The van der Waals surface area contributed by atoms with Crippen molar-refractivity contribution in [2.75, 3.05) is 42.9 Å². The minimum atomic E-state index is -0.913. The summed E-state index contributed by atoms with van der Waals surface area (Å²) in [6.07, 6.45) is 1.18. The monoisotopic (exact) mass is 486 g/mol. The largest absolute Gasteiger partial charge is 0.383 e. The van der Waals surface area contributed by atoms with Crippen molar-refractivity contribution in [3.05, 3.63) is 65.9 Å². The molecule has 2 aliphatic heterocycles. The average Bonchev–Trinajstić information content (AvgIpc) is 3.59. The number of carbonyl (C=O) groups is 2. The topological polar surface area (TPSA) is 104 Å². The zero-order valence-electron chi connectivity index (χ0n) is 19.6. The number of amides is 1. The first kappa shape index (κ1) is 22.1. The number of para-hydroxylation sites is 1. The van der Waals surface area contributed by atoms with Crippen LogP contribution in [0.15, 0.2) is 53.4 Å². The number of Topliss-reactive ketones (excluding diaryl/α,β-unsaturated/α-hetero) is 1. The Hall–Kier alpha value is -4.34. The summed E-state index contributed by atoms with van der Waals surface area (Å²) in [5.74, 6) is -2.38. The summed E-state index contributed by atoms with van der Waals surface area (Å²) < 4.78 is 19.6. The summed E-state index contributed by atoms with van der Waals surface area (Å²) in [7, 11) is 0. The lowest BCUT2D eigenvalue weighted by Gasteiger charge is -2.36. The van der Waals surface area contributed by atoms with E-state index in [1.807, 2.05) is 31.2 Å². The maximum absolute atomic E-state index is 14.8. The van der Waals surface area contributed by atoms with Gasteiger partial charge in [-0.1, -0.05) is 23.4 Å². The van der Waals surface area contributed by atoms with Gasteiger partial charge in [0.25, 0.3) is 5.91 Å². The van der Waals surface area contributed by atoms with Gasteiger partial charge in [0, 0.05) is 60.6 Å². The number of aryl methyl sites for hydroxylation is 1. The fourth-order valence-corrected chi connectivity index (χ4v) is 5.13. The number of aromatic nitrogens is 3. The number of nitrogens with one attached hydrogen (secondary N) is 1. The predicted molar refractivity (Wildman–Crippen MR) is 131 cm³/mol. The Labute approximate surface area is 205 Å². The molecule has 1 saturated heterocycles. The SMILES string of the molecule is Cc1cc(N2CCN(C(=O)C(=O)C3CNc4c(-c5ncon5)ccc(F)c43)CC2)c2ccccc2n1. The van der Waals surface area contributed by atoms with Crippen LogP contribution in [-0.2, 0) is 9.59 Å². The average molecular weight is 487 g/mol. The van der Waals surface area contributed by atoms with Crippen molar-refractivity contribution in [3.8, 4) is 11.4 Å². The molecule has 9 nitrogen and oxygen atoms in total. The van der Waals surface area contributed by atoms with Crippen molar-refractivity contribution >= 4 is 34.0 Å². The third kappa shape index (κ3) is 3.65. The fourth-order valence-electron chi connectivity index (χ4n) is 5.13. The number of pyridine rings is 1. The molecule has 4 heterocycles. The molecule has 0 radical (unpaired) electrons. The van der Waals surface area contributed by atoms with Crippen molar-refractivity contribution in [1.82, 2.24) is 20.0 Å². The molecule has 4 aromatic rings. The molecule has 182 valence electrons. The first-order valence-corrected chi connectivity index (χ1v) is 11.8. The highest BCUT2D eigenvalue weighted by Crippen LogP contribution is 2.40. The van der Waals surface area contributed by atoms with E-state index in [-0.39, 0.29) is 17.9 Å². The van der Waals surface area contributed by atoms with Crippen LogP contribution in [0.1, 0.15) is 17.2 Å². The van der Waals surface area contributed by atoms with Gasteiger partial charge in [-0.15, -0.1) is 0 Å². The molecule has 2 aromatic carbocycles. The van der Waals surface area contributed by atoms with Gasteiger partial charge in [-0.25, -0.2) is 4.39 Å². The summed E-state index contributed by atoms with van der Waals surface area (Å²) in [6, 6.07) is 12.8. The molecule has 1 amide bonds. The number of benzene rings is 2. The molecule has 36 heavy (non-hydrogen) atoms. The van der Waals surface area contributed by atoms with E-state index >= 15 is 0 Å². The highest BCUT2D eigenvalue weighted by atomic mass is 19.1. The molecule has 1 atom stereocenters. The van der Waals surface area contributed by atoms with Crippen molar-refractivity contribution in [3.63, 3.8) is 0 Å². The second-order valence-electron chi connectivity index (χ2n) is 9.02. The number of fused-ring (bicyclic) bond motifs is 2. The Morgan fingerprint density at radius 2 is 1.92 bits per heavy atom. The molecule has 2 aromatic heterocycles. The smallest absolute Gasteiger partial charge is 0.290 e. The minimum Gasteiger partial charge on any atom is -0.383 e. The zero-order chi connectivity index (χ0) is 24.8. The minimum absolute atomic E-state index is 0.133. The summed E-state index contributed by atoms with van der Waals surface area (Å²) >= 11 is 0. The molecule has 0 saturated carbocycles. The molecule has 1 fully saturated rings. The van der Waals surface area contributed by atoms with Crippen LogP contribution in [0.3, 0.4) is 0 Å². The molecule has 6 rings (SSSR count). The molecule has 10 heteroatoms. The van der Waals surface area contributed by atoms with Crippen LogP contribution in [-0.4, -0.2) is 64.4 Å². The Morgan fingerprint density at radius 1 is 1.11 bits per heavy atom. The lowest BCUT2D eigenvalue weighted by molar-refractivity contribution is -0.145. The van der Waals surface area contributed by atoms with E-state index < -0.39 is 23.4 Å². The summed E-state index contributed by atoms with van der Waals surface area (Å²) in [5.41, 5.74) is 4.04. The third-order valence-corrected chi connectivity index (χ3v) is 6.88. The number of carbonyl (C=O) groups excluding carboxylic acids is 2. The molecular formula is C26H23FN6O3. The molecule has 1 unspecified atom stereocenters. The second-order valence-corrected chi connectivity index (χ2v) is 9.02. The number of nitrogens with zero attached hydrogens (tertiary/aromatic N) is 5. The first-order chi connectivity index (χ1) is 17.5. The van der Waals surface area contributed by atoms with Crippen LogP contribution < -0.4 is 10.2 Å².